The minimum Gasteiger partial charge on any atom is -0.389 e. The van der Waals surface area contributed by atoms with E-state index in [4.69, 9.17) is 5.73 Å². The lowest BCUT2D eigenvalue weighted by atomic mass is 9.99. The maximum atomic E-state index is 10.5. The number of rotatable bonds is 5. The van der Waals surface area contributed by atoms with Crippen LogP contribution in [-0.2, 0) is 0 Å². The van der Waals surface area contributed by atoms with Crippen LogP contribution in [0.25, 0.3) is 0 Å². The van der Waals surface area contributed by atoms with Gasteiger partial charge in [-0.25, -0.2) is 0 Å². The quantitative estimate of drug-likeness (QED) is 0.874. The summed E-state index contributed by atoms with van der Waals surface area (Å²) >= 11 is 3.45. The van der Waals surface area contributed by atoms with Crippen molar-refractivity contribution in [3.63, 3.8) is 0 Å². The summed E-state index contributed by atoms with van der Waals surface area (Å²) in [5, 5.41) is 10.5. The number of nitrogens with zero attached hydrogens (tertiary/aromatic N) is 1. The van der Waals surface area contributed by atoms with Crippen molar-refractivity contribution >= 4 is 15.9 Å². The maximum Gasteiger partial charge on any atom is 0.0774 e. The number of hydrogen-bond donors (Lipinski definition) is 2. The summed E-state index contributed by atoms with van der Waals surface area (Å²) in [6.07, 6.45) is 4.09. The number of benzene rings is 1. The van der Waals surface area contributed by atoms with Gasteiger partial charge in [-0.1, -0.05) is 40.9 Å². The Labute approximate surface area is 123 Å². The Hall–Kier alpha value is -0.420. The maximum absolute atomic E-state index is 10.5. The highest BCUT2D eigenvalue weighted by atomic mass is 79.9. The number of hydrogen-bond acceptors (Lipinski definition) is 3. The van der Waals surface area contributed by atoms with E-state index in [0.717, 1.165) is 30.2 Å². The molecule has 3 N–H and O–H groups in total. The van der Waals surface area contributed by atoms with E-state index in [1.165, 1.54) is 5.56 Å². The number of likely N-dealkylation sites (N-methyl/N-ethyl adjacent to an activating group) is 1. The average Bonchev–Trinajstić information content (AvgIpc) is 2.79. The smallest absolute Gasteiger partial charge is 0.0774 e. The molecule has 19 heavy (non-hydrogen) atoms. The van der Waals surface area contributed by atoms with Gasteiger partial charge in [0.25, 0.3) is 0 Å². The molecule has 0 bridgehead atoms. The van der Waals surface area contributed by atoms with E-state index in [1.807, 2.05) is 12.1 Å². The van der Waals surface area contributed by atoms with E-state index < -0.39 is 5.60 Å². The molecule has 0 heterocycles. The third kappa shape index (κ3) is 3.78. The van der Waals surface area contributed by atoms with E-state index in [2.05, 4.69) is 40.0 Å². The highest BCUT2D eigenvalue weighted by Gasteiger charge is 2.33. The topological polar surface area (TPSA) is 49.5 Å². The Kier molecular flexibility index (Phi) is 5.01. The normalized spacial score (nSPS) is 19.8. The zero-order chi connectivity index (χ0) is 13.9. The van der Waals surface area contributed by atoms with E-state index in [9.17, 15) is 5.11 Å². The second-order valence-electron chi connectivity index (χ2n) is 5.65. The first-order valence-corrected chi connectivity index (χ1v) is 7.71. The third-order valence-electron chi connectivity index (χ3n) is 4.09. The SMILES string of the molecule is CN(CC1(O)CCCC1)C(CN)c1ccc(Br)cc1. The highest BCUT2D eigenvalue weighted by Crippen LogP contribution is 2.32. The molecule has 0 spiro atoms. The van der Waals surface area contributed by atoms with Crippen molar-refractivity contribution in [1.29, 1.82) is 0 Å². The molecule has 1 fully saturated rings. The van der Waals surface area contributed by atoms with Crippen molar-refractivity contribution in [2.45, 2.75) is 37.3 Å². The first-order chi connectivity index (χ1) is 9.04. The first kappa shape index (κ1) is 15.0. The van der Waals surface area contributed by atoms with Gasteiger partial charge in [0.05, 0.1) is 5.60 Å². The van der Waals surface area contributed by atoms with Crippen LogP contribution in [0.1, 0.15) is 37.3 Å². The molecule has 0 radical (unpaired) electrons. The standard InChI is InChI=1S/C15H23BrN2O/c1-18(11-15(19)8-2-3-9-15)14(10-17)12-4-6-13(16)7-5-12/h4-7,14,19H,2-3,8-11,17H2,1H3. The molecular weight excluding hydrogens is 304 g/mol. The van der Waals surface area contributed by atoms with Gasteiger partial charge in [0, 0.05) is 23.6 Å². The number of halogens is 1. The van der Waals surface area contributed by atoms with Crippen LogP contribution in [0, 0.1) is 0 Å². The van der Waals surface area contributed by atoms with Crippen LogP contribution in [-0.4, -0.2) is 35.7 Å². The van der Waals surface area contributed by atoms with Crippen LogP contribution < -0.4 is 5.73 Å². The second kappa shape index (κ2) is 6.35. The van der Waals surface area contributed by atoms with Gasteiger partial charge in [-0.15, -0.1) is 0 Å². The van der Waals surface area contributed by atoms with E-state index in [1.54, 1.807) is 0 Å². The zero-order valence-corrected chi connectivity index (χ0v) is 13.1. The molecule has 3 nitrogen and oxygen atoms in total. The first-order valence-electron chi connectivity index (χ1n) is 6.92. The van der Waals surface area contributed by atoms with E-state index in [0.29, 0.717) is 13.1 Å². The Morgan fingerprint density at radius 2 is 1.89 bits per heavy atom. The predicted molar refractivity (Wildman–Crippen MR) is 82.0 cm³/mol. The van der Waals surface area contributed by atoms with E-state index >= 15 is 0 Å². The summed E-state index contributed by atoms with van der Waals surface area (Å²) in [6.45, 7) is 1.26. The lowest BCUT2D eigenvalue weighted by Gasteiger charge is -2.34. The minimum absolute atomic E-state index is 0.165. The molecule has 1 aliphatic rings. The molecule has 0 saturated heterocycles. The van der Waals surface area contributed by atoms with Gasteiger partial charge in [0.1, 0.15) is 0 Å². The molecule has 0 amide bonds. The van der Waals surface area contributed by atoms with E-state index in [-0.39, 0.29) is 6.04 Å². The van der Waals surface area contributed by atoms with Crippen molar-refractivity contribution in [3.8, 4) is 0 Å². The Balaban J connectivity index is 2.06. The lowest BCUT2D eigenvalue weighted by Crippen LogP contribution is -2.42. The fraction of sp³-hybridized carbons (Fsp3) is 0.600. The van der Waals surface area contributed by atoms with Gasteiger partial charge in [-0.2, -0.15) is 0 Å². The molecule has 1 saturated carbocycles. The summed E-state index contributed by atoms with van der Waals surface area (Å²) in [6, 6.07) is 8.43. The Morgan fingerprint density at radius 1 is 1.32 bits per heavy atom. The summed E-state index contributed by atoms with van der Waals surface area (Å²) in [5.74, 6) is 0. The monoisotopic (exact) mass is 326 g/mol. The minimum atomic E-state index is -0.516. The molecule has 1 aromatic rings. The number of nitrogens with two attached hydrogens (primary N) is 1. The molecular formula is C15H23BrN2O. The molecule has 0 aliphatic heterocycles. The van der Waals surface area contributed by atoms with Gasteiger partial charge >= 0.3 is 0 Å². The summed E-state index contributed by atoms with van der Waals surface area (Å²) < 4.78 is 1.07. The molecule has 2 rings (SSSR count). The van der Waals surface area contributed by atoms with Crippen molar-refractivity contribution in [3.05, 3.63) is 34.3 Å². The Morgan fingerprint density at radius 3 is 2.42 bits per heavy atom. The van der Waals surface area contributed by atoms with Crippen molar-refractivity contribution in [2.75, 3.05) is 20.1 Å². The van der Waals surface area contributed by atoms with Gasteiger partial charge < -0.3 is 10.8 Å². The molecule has 1 aromatic carbocycles. The van der Waals surface area contributed by atoms with Gasteiger partial charge in [-0.3, -0.25) is 4.90 Å². The van der Waals surface area contributed by atoms with Crippen LogP contribution in [0.5, 0.6) is 0 Å². The van der Waals surface area contributed by atoms with Crippen LogP contribution in [0.3, 0.4) is 0 Å². The van der Waals surface area contributed by atoms with Crippen LogP contribution in [0.2, 0.25) is 0 Å². The molecule has 1 atom stereocenters. The average molecular weight is 327 g/mol. The lowest BCUT2D eigenvalue weighted by molar-refractivity contribution is 0.00593. The number of aliphatic hydroxyl groups is 1. The molecule has 4 heteroatoms. The van der Waals surface area contributed by atoms with Crippen molar-refractivity contribution in [1.82, 2.24) is 4.90 Å². The molecule has 106 valence electrons. The second-order valence-corrected chi connectivity index (χ2v) is 6.57. The fourth-order valence-corrected chi connectivity index (χ4v) is 3.29. The summed E-state index contributed by atoms with van der Waals surface area (Å²) in [5.41, 5.74) is 6.61. The predicted octanol–water partition coefficient (Wildman–Crippen LogP) is 2.69. The molecule has 1 aliphatic carbocycles. The van der Waals surface area contributed by atoms with Crippen molar-refractivity contribution < 1.29 is 5.11 Å². The van der Waals surface area contributed by atoms with Gasteiger partial charge in [0.15, 0.2) is 0 Å². The fourth-order valence-electron chi connectivity index (χ4n) is 3.02. The van der Waals surface area contributed by atoms with Crippen LogP contribution >= 0.6 is 15.9 Å². The molecule has 0 aromatic heterocycles. The largest absolute Gasteiger partial charge is 0.389 e. The summed E-state index contributed by atoms with van der Waals surface area (Å²) in [4.78, 5) is 2.19. The molecule has 1 unspecified atom stereocenters. The van der Waals surface area contributed by atoms with Crippen molar-refractivity contribution in [2.24, 2.45) is 5.73 Å². The van der Waals surface area contributed by atoms with Gasteiger partial charge in [-0.05, 0) is 37.6 Å². The Bertz CT molecular complexity index is 401. The zero-order valence-electron chi connectivity index (χ0n) is 11.5. The highest BCUT2D eigenvalue weighted by molar-refractivity contribution is 9.10. The van der Waals surface area contributed by atoms with Gasteiger partial charge in [0.2, 0.25) is 0 Å². The third-order valence-corrected chi connectivity index (χ3v) is 4.62. The van der Waals surface area contributed by atoms with Crippen LogP contribution in [0.15, 0.2) is 28.7 Å². The van der Waals surface area contributed by atoms with Crippen LogP contribution in [0.4, 0.5) is 0 Å². The summed E-state index contributed by atoms with van der Waals surface area (Å²) in [7, 11) is 2.05.